The highest BCUT2D eigenvalue weighted by molar-refractivity contribution is 5.96. The largest absolute Gasteiger partial charge is 0.444 e. The summed E-state index contributed by atoms with van der Waals surface area (Å²) in [5.74, 6) is 5.42. The number of alkyl halides is 3. The molecule has 0 bridgehead atoms. The fourth-order valence-electron chi connectivity index (χ4n) is 5.72. The molecule has 0 radical (unpaired) electrons. The van der Waals surface area contributed by atoms with E-state index in [2.05, 4.69) is 22.5 Å². The number of carbonyl (C=O) groups is 3. The molecule has 2 aromatic carbocycles. The highest BCUT2D eigenvalue weighted by Gasteiger charge is 2.31. The normalized spacial score (nSPS) is 13.9. The molecule has 294 valence electrons. The van der Waals surface area contributed by atoms with Crippen molar-refractivity contribution in [3.63, 3.8) is 0 Å². The third kappa shape index (κ3) is 12.6. The summed E-state index contributed by atoms with van der Waals surface area (Å²) >= 11 is 0. The van der Waals surface area contributed by atoms with Crippen LogP contribution in [0.2, 0.25) is 0 Å². The van der Waals surface area contributed by atoms with Gasteiger partial charge in [-0.3, -0.25) is 9.69 Å². The summed E-state index contributed by atoms with van der Waals surface area (Å²) in [6, 6.07) is 12.9. The lowest BCUT2D eigenvalue weighted by Gasteiger charge is -2.34. The first-order chi connectivity index (χ1) is 25.3. The van der Waals surface area contributed by atoms with Crippen LogP contribution in [0.1, 0.15) is 70.4 Å². The van der Waals surface area contributed by atoms with E-state index in [1.54, 1.807) is 68.1 Å². The first-order valence-electron chi connectivity index (χ1n) is 17.9. The maximum atomic E-state index is 13.9. The van der Waals surface area contributed by atoms with Gasteiger partial charge in [-0.25, -0.2) is 9.59 Å². The average molecular weight is 757 g/mol. The van der Waals surface area contributed by atoms with E-state index in [4.69, 9.17) is 19.9 Å². The minimum Gasteiger partial charge on any atom is -0.444 e. The van der Waals surface area contributed by atoms with Crippen molar-refractivity contribution in [1.82, 2.24) is 14.8 Å². The minimum atomic E-state index is -4.53. The lowest BCUT2D eigenvalue weighted by atomic mass is 10.0. The summed E-state index contributed by atoms with van der Waals surface area (Å²) in [5, 5.41) is 6.77. The van der Waals surface area contributed by atoms with Crippen molar-refractivity contribution in [2.75, 3.05) is 56.2 Å². The molecule has 12 nitrogen and oxygen atoms in total. The maximum Gasteiger partial charge on any atom is 0.415 e. The molecular formula is C39H51F3N6O6. The summed E-state index contributed by atoms with van der Waals surface area (Å²) < 4.78 is 59.2. The van der Waals surface area contributed by atoms with E-state index in [-0.39, 0.29) is 36.8 Å². The van der Waals surface area contributed by atoms with Gasteiger partial charge in [0.15, 0.2) is 0 Å². The molecule has 4 rings (SSSR count). The highest BCUT2D eigenvalue weighted by Crippen LogP contribution is 2.31. The monoisotopic (exact) mass is 756 g/mol. The number of ether oxygens (including phenoxy) is 3. The number of likely N-dealkylation sites (tertiary alicyclic amines) is 1. The summed E-state index contributed by atoms with van der Waals surface area (Å²) in [4.78, 5) is 41.4. The Balaban J connectivity index is 1.56. The topological polar surface area (TPSA) is 140 Å². The second kappa shape index (κ2) is 17.9. The number of amides is 3. The van der Waals surface area contributed by atoms with Gasteiger partial charge in [0.1, 0.15) is 17.7 Å². The van der Waals surface area contributed by atoms with Crippen LogP contribution < -0.4 is 21.3 Å². The fourth-order valence-corrected chi connectivity index (χ4v) is 5.72. The minimum absolute atomic E-state index is 0.0232. The molecule has 15 heteroatoms. The van der Waals surface area contributed by atoms with E-state index in [0.717, 1.165) is 4.57 Å². The molecule has 1 aliphatic heterocycles. The van der Waals surface area contributed by atoms with Crippen molar-refractivity contribution < 1.29 is 41.8 Å². The van der Waals surface area contributed by atoms with Crippen molar-refractivity contribution in [3.05, 3.63) is 59.8 Å². The van der Waals surface area contributed by atoms with Crippen molar-refractivity contribution >= 4 is 40.4 Å². The molecule has 54 heavy (non-hydrogen) atoms. The third-order valence-corrected chi connectivity index (χ3v) is 8.09. The van der Waals surface area contributed by atoms with Crippen LogP contribution in [0.4, 0.5) is 34.1 Å². The zero-order chi connectivity index (χ0) is 39.7. The van der Waals surface area contributed by atoms with Gasteiger partial charge in [0, 0.05) is 54.5 Å². The second-order valence-corrected chi connectivity index (χ2v) is 14.9. The fraction of sp³-hybridized carbons (Fsp3) is 0.513. The van der Waals surface area contributed by atoms with Crippen molar-refractivity contribution in [1.29, 1.82) is 0 Å². The number of nitrogens with two attached hydrogens (primary N) is 1. The van der Waals surface area contributed by atoms with Crippen LogP contribution in [0.5, 0.6) is 0 Å². The molecule has 0 spiro atoms. The number of fused-ring (bicyclic) bond motifs is 1. The van der Waals surface area contributed by atoms with Crippen LogP contribution in [0.15, 0.2) is 48.5 Å². The van der Waals surface area contributed by atoms with Gasteiger partial charge in [0.05, 0.1) is 31.0 Å². The number of benzene rings is 2. The molecule has 4 N–H and O–H groups in total. The Morgan fingerprint density at radius 3 is 2.22 bits per heavy atom. The molecule has 3 amide bonds. The molecule has 0 atom stereocenters. The van der Waals surface area contributed by atoms with E-state index in [9.17, 15) is 27.6 Å². The highest BCUT2D eigenvalue weighted by atomic mass is 19.4. The second-order valence-electron chi connectivity index (χ2n) is 14.9. The molecule has 0 saturated carbocycles. The molecular weight excluding hydrogens is 705 g/mol. The molecule has 0 aliphatic carbocycles. The lowest BCUT2D eigenvalue weighted by molar-refractivity contribution is -0.140. The van der Waals surface area contributed by atoms with Gasteiger partial charge in [-0.15, -0.1) is 0 Å². The lowest BCUT2D eigenvalue weighted by Crippen LogP contribution is -2.44. The van der Waals surface area contributed by atoms with Gasteiger partial charge in [0.25, 0.3) is 5.91 Å². The van der Waals surface area contributed by atoms with Crippen LogP contribution in [-0.2, 0) is 20.8 Å². The first-order valence-corrected chi connectivity index (χ1v) is 17.9. The summed E-state index contributed by atoms with van der Waals surface area (Å²) in [7, 11) is 0. The Morgan fingerprint density at radius 1 is 0.944 bits per heavy atom. The average Bonchev–Trinajstić information content (AvgIpc) is 3.41. The summed E-state index contributed by atoms with van der Waals surface area (Å²) in [5.41, 5.74) is 5.78. The van der Waals surface area contributed by atoms with E-state index < -0.39 is 30.0 Å². The predicted octanol–water partition coefficient (Wildman–Crippen LogP) is 6.51. The molecule has 2 heterocycles. The van der Waals surface area contributed by atoms with Crippen molar-refractivity contribution in [2.45, 2.75) is 84.3 Å². The summed E-state index contributed by atoms with van der Waals surface area (Å²) in [6.45, 7) is 11.4. The van der Waals surface area contributed by atoms with Gasteiger partial charge in [0.2, 0.25) is 0 Å². The SMILES string of the molecule is CC(C)(C)OC(=O)N1CCC(Nc2cccc3c2cc(C#CCN(C(=O)OC(C)(C)C)c2ccc(C(=O)NCCOCCN)cc2)n3CC(F)(F)F)CC1. The molecule has 1 aliphatic rings. The van der Waals surface area contributed by atoms with Gasteiger partial charge in [-0.2, -0.15) is 13.2 Å². The Labute approximate surface area is 314 Å². The van der Waals surface area contributed by atoms with Crippen molar-refractivity contribution in [2.24, 2.45) is 5.73 Å². The van der Waals surface area contributed by atoms with E-state index in [1.807, 2.05) is 26.8 Å². The number of hydrogen-bond donors (Lipinski definition) is 3. The number of piperidine rings is 1. The number of nitrogens with zero attached hydrogens (tertiary/aromatic N) is 3. The molecule has 0 unspecified atom stereocenters. The van der Waals surface area contributed by atoms with Crippen LogP contribution in [0.25, 0.3) is 10.9 Å². The van der Waals surface area contributed by atoms with Crippen LogP contribution in [0.3, 0.4) is 0 Å². The van der Waals surface area contributed by atoms with E-state index >= 15 is 0 Å². The smallest absolute Gasteiger partial charge is 0.415 e. The number of halogens is 3. The zero-order valence-electron chi connectivity index (χ0n) is 31.8. The Hall–Kier alpha value is -4.94. The van der Waals surface area contributed by atoms with Gasteiger partial charge < -0.3 is 40.0 Å². The number of nitrogens with one attached hydrogen (secondary N) is 2. The Kier molecular flexibility index (Phi) is 13.9. The van der Waals surface area contributed by atoms with Crippen LogP contribution >= 0.6 is 0 Å². The molecule has 3 aromatic rings. The number of rotatable bonds is 11. The van der Waals surface area contributed by atoms with E-state index in [1.165, 1.54) is 4.90 Å². The standard InChI is InChI=1S/C39H51F3N6O6/c1-37(2,3)53-35(50)46-21-16-28(17-22-46)45-32-10-7-11-33-31(32)25-30(48(33)26-39(40,41)42)9-8-20-47(36(51)54-38(4,5)6)29-14-12-27(13-15-29)34(49)44-19-24-52-23-18-43/h7,10-15,25,28,45H,16-24,26,43H2,1-6H3,(H,44,49). The Bertz CT molecular complexity index is 1810. The summed E-state index contributed by atoms with van der Waals surface area (Å²) in [6.07, 6.45) is -4.37. The number of carbonyl (C=O) groups excluding carboxylic acids is 3. The van der Waals surface area contributed by atoms with Crippen LogP contribution in [-0.4, -0.2) is 96.9 Å². The third-order valence-electron chi connectivity index (χ3n) is 8.09. The molecule has 1 fully saturated rings. The quantitative estimate of drug-likeness (QED) is 0.149. The van der Waals surface area contributed by atoms with Crippen LogP contribution in [0, 0.1) is 11.8 Å². The number of anilines is 2. The maximum absolute atomic E-state index is 13.9. The zero-order valence-corrected chi connectivity index (χ0v) is 31.8. The van der Waals surface area contributed by atoms with Crippen molar-refractivity contribution in [3.8, 4) is 11.8 Å². The number of hydrogen-bond acceptors (Lipinski definition) is 8. The van der Waals surface area contributed by atoms with E-state index in [0.29, 0.717) is 73.5 Å². The first kappa shape index (κ1) is 41.8. The number of aromatic nitrogens is 1. The molecule has 1 saturated heterocycles. The predicted molar refractivity (Wildman–Crippen MR) is 202 cm³/mol. The van der Waals surface area contributed by atoms with Gasteiger partial charge >= 0.3 is 18.4 Å². The Morgan fingerprint density at radius 2 is 1.61 bits per heavy atom. The molecule has 1 aromatic heterocycles. The van der Waals surface area contributed by atoms with Gasteiger partial charge in [-0.05, 0) is 103 Å². The van der Waals surface area contributed by atoms with Gasteiger partial charge in [-0.1, -0.05) is 12.0 Å².